The van der Waals surface area contributed by atoms with Gasteiger partial charge in [0.25, 0.3) is 0 Å². The maximum Gasteiger partial charge on any atom is 0.0672 e. The van der Waals surface area contributed by atoms with Crippen LogP contribution in [0.2, 0.25) is 0 Å². The molecule has 12 heavy (non-hydrogen) atoms. The summed E-state index contributed by atoms with van der Waals surface area (Å²) in [7, 11) is 1.75. The Morgan fingerprint density at radius 2 is 2.25 bits per heavy atom. The predicted molar refractivity (Wildman–Crippen MR) is 51.2 cm³/mol. The molecule has 0 bridgehead atoms. The molecule has 0 aromatic heterocycles. The highest BCUT2D eigenvalue weighted by molar-refractivity contribution is 5.15. The van der Waals surface area contributed by atoms with E-state index < -0.39 is 0 Å². The van der Waals surface area contributed by atoms with E-state index in [4.69, 9.17) is 4.74 Å². The topological polar surface area (TPSA) is 21.3 Å². The maximum atomic E-state index is 5.11. The summed E-state index contributed by atoms with van der Waals surface area (Å²) in [5.74, 6) is 0.750. The van der Waals surface area contributed by atoms with Crippen molar-refractivity contribution in [3.05, 3.63) is 11.1 Å². The van der Waals surface area contributed by atoms with Crippen molar-refractivity contribution in [2.75, 3.05) is 26.8 Å². The summed E-state index contributed by atoms with van der Waals surface area (Å²) in [5.41, 5.74) is 2.91. The van der Waals surface area contributed by atoms with E-state index in [0.717, 1.165) is 19.1 Å². The normalized spacial score (nSPS) is 25.8. The molecule has 2 heteroatoms. The summed E-state index contributed by atoms with van der Waals surface area (Å²) in [6, 6.07) is 0. The Kier molecular flexibility index (Phi) is 3.76. The van der Waals surface area contributed by atoms with Crippen molar-refractivity contribution in [1.29, 1.82) is 0 Å². The summed E-state index contributed by atoms with van der Waals surface area (Å²) < 4.78 is 5.11. The fourth-order valence-corrected chi connectivity index (χ4v) is 1.70. The summed E-state index contributed by atoms with van der Waals surface area (Å²) in [4.78, 5) is 0. The maximum absolute atomic E-state index is 5.11. The molecule has 1 heterocycles. The van der Waals surface area contributed by atoms with Crippen LogP contribution in [-0.2, 0) is 4.74 Å². The van der Waals surface area contributed by atoms with Crippen LogP contribution in [0.5, 0.6) is 0 Å². The predicted octanol–water partition coefficient (Wildman–Crippen LogP) is 1.58. The van der Waals surface area contributed by atoms with E-state index >= 15 is 0 Å². The van der Waals surface area contributed by atoms with Crippen LogP contribution in [0.4, 0.5) is 0 Å². The van der Waals surface area contributed by atoms with Crippen LogP contribution in [0.25, 0.3) is 0 Å². The smallest absolute Gasteiger partial charge is 0.0672 e. The van der Waals surface area contributed by atoms with E-state index in [9.17, 15) is 0 Å². The van der Waals surface area contributed by atoms with Gasteiger partial charge in [-0.25, -0.2) is 0 Å². The average Bonchev–Trinajstić information content (AvgIpc) is 2.55. The van der Waals surface area contributed by atoms with Crippen molar-refractivity contribution in [3.63, 3.8) is 0 Å². The first-order chi connectivity index (χ1) is 5.75. The lowest BCUT2D eigenvalue weighted by atomic mass is 9.96. The summed E-state index contributed by atoms with van der Waals surface area (Å²) in [6.07, 6.45) is 1.28. The van der Waals surface area contributed by atoms with Crippen LogP contribution in [0.15, 0.2) is 11.1 Å². The molecule has 70 valence electrons. The third-order valence-electron chi connectivity index (χ3n) is 2.71. The van der Waals surface area contributed by atoms with Crippen molar-refractivity contribution in [2.24, 2.45) is 5.92 Å². The number of hydrogen-bond donors (Lipinski definition) is 1. The molecular weight excluding hydrogens is 150 g/mol. The van der Waals surface area contributed by atoms with Crippen molar-refractivity contribution >= 4 is 0 Å². The molecule has 1 unspecified atom stereocenters. The second kappa shape index (κ2) is 4.63. The fourth-order valence-electron chi connectivity index (χ4n) is 1.70. The molecule has 1 aliphatic heterocycles. The first kappa shape index (κ1) is 9.75. The van der Waals surface area contributed by atoms with Gasteiger partial charge in [-0.1, -0.05) is 5.57 Å². The van der Waals surface area contributed by atoms with Crippen molar-refractivity contribution in [2.45, 2.75) is 20.3 Å². The number of nitrogens with one attached hydrogen (secondary N) is 1. The summed E-state index contributed by atoms with van der Waals surface area (Å²) >= 11 is 0. The third-order valence-corrected chi connectivity index (χ3v) is 2.71. The molecule has 0 saturated carbocycles. The molecule has 0 amide bonds. The molecule has 0 aromatic carbocycles. The van der Waals surface area contributed by atoms with Crippen LogP contribution >= 0.6 is 0 Å². The minimum absolute atomic E-state index is 0.750. The second-order valence-corrected chi connectivity index (χ2v) is 3.59. The van der Waals surface area contributed by atoms with Gasteiger partial charge < -0.3 is 10.1 Å². The zero-order chi connectivity index (χ0) is 8.97. The van der Waals surface area contributed by atoms with Crippen molar-refractivity contribution < 1.29 is 4.74 Å². The standard InChI is InChI=1S/C10H19NO/c1-8(7-12-3)9(2)10-4-5-11-6-10/h10-11H,4-7H2,1-3H3/b9-8+. The van der Waals surface area contributed by atoms with Gasteiger partial charge in [-0.3, -0.25) is 0 Å². The molecule has 0 radical (unpaired) electrons. The Hall–Kier alpha value is -0.340. The van der Waals surface area contributed by atoms with E-state index in [2.05, 4.69) is 19.2 Å². The van der Waals surface area contributed by atoms with E-state index in [-0.39, 0.29) is 0 Å². The summed E-state index contributed by atoms with van der Waals surface area (Å²) in [5, 5.41) is 3.38. The van der Waals surface area contributed by atoms with Gasteiger partial charge in [-0.2, -0.15) is 0 Å². The molecule has 0 aromatic rings. The van der Waals surface area contributed by atoms with Crippen LogP contribution in [0, 0.1) is 5.92 Å². The van der Waals surface area contributed by atoms with E-state index in [1.807, 2.05) is 0 Å². The Morgan fingerprint density at radius 1 is 1.50 bits per heavy atom. The largest absolute Gasteiger partial charge is 0.380 e. The molecule has 1 rings (SSSR count). The molecule has 1 aliphatic rings. The van der Waals surface area contributed by atoms with Gasteiger partial charge in [-0.05, 0) is 38.3 Å². The molecule has 0 spiro atoms. The molecule has 1 atom stereocenters. The van der Waals surface area contributed by atoms with Gasteiger partial charge >= 0.3 is 0 Å². The lowest BCUT2D eigenvalue weighted by molar-refractivity contribution is 0.224. The SMILES string of the molecule is COC/C(C)=C(\C)C1CCNC1. The Balaban J connectivity index is 2.52. The Labute approximate surface area is 75.0 Å². The zero-order valence-electron chi connectivity index (χ0n) is 8.31. The Bertz CT molecular complexity index is 169. The lowest BCUT2D eigenvalue weighted by Crippen LogP contribution is -2.11. The first-order valence-corrected chi connectivity index (χ1v) is 4.61. The summed E-state index contributed by atoms with van der Waals surface area (Å²) in [6.45, 7) is 7.49. The molecule has 0 aliphatic carbocycles. The second-order valence-electron chi connectivity index (χ2n) is 3.59. The number of hydrogen-bond acceptors (Lipinski definition) is 2. The lowest BCUT2D eigenvalue weighted by Gasteiger charge is -2.12. The minimum Gasteiger partial charge on any atom is -0.380 e. The number of rotatable bonds is 3. The van der Waals surface area contributed by atoms with Crippen molar-refractivity contribution in [3.8, 4) is 0 Å². The number of methoxy groups -OCH3 is 1. The highest BCUT2D eigenvalue weighted by Crippen LogP contribution is 2.20. The average molecular weight is 169 g/mol. The third kappa shape index (κ3) is 2.32. The molecule has 1 saturated heterocycles. The molecule has 2 nitrogen and oxygen atoms in total. The minimum atomic E-state index is 0.750. The quantitative estimate of drug-likeness (QED) is 0.648. The van der Waals surface area contributed by atoms with Crippen LogP contribution in [-0.4, -0.2) is 26.8 Å². The highest BCUT2D eigenvalue weighted by Gasteiger charge is 2.17. The highest BCUT2D eigenvalue weighted by atomic mass is 16.5. The van der Waals surface area contributed by atoms with Gasteiger partial charge in [0.1, 0.15) is 0 Å². The van der Waals surface area contributed by atoms with Gasteiger partial charge in [0.05, 0.1) is 6.61 Å². The van der Waals surface area contributed by atoms with Gasteiger partial charge in [0.2, 0.25) is 0 Å². The van der Waals surface area contributed by atoms with Gasteiger partial charge in [0.15, 0.2) is 0 Å². The molecular formula is C10H19NO. The molecule has 1 fully saturated rings. The van der Waals surface area contributed by atoms with Crippen LogP contribution < -0.4 is 5.32 Å². The van der Waals surface area contributed by atoms with Gasteiger partial charge in [-0.15, -0.1) is 0 Å². The Morgan fingerprint density at radius 3 is 2.75 bits per heavy atom. The van der Waals surface area contributed by atoms with Gasteiger partial charge in [0, 0.05) is 13.7 Å². The van der Waals surface area contributed by atoms with Crippen LogP contribution in [0.1, 0.15) is 20.3 Å². The zero-order valence-corrected chi connectivity index (χ0v) is 8.31. The first-order valence-electron chi connectivity index (χ1n) is 4.61. The van der Waals surface area contributed by atoms with Crippen LogP contribution in [0.3, 0.4) is 0 Å². The fraction of sp³-hybridized carbons (Fsp3) is 0.800. The van der Waals surface area contributed by atoms with E-state index in [0.29, 0.717) is 0 Å². The van der Waals surface area contributed by atoms with E-state index in [1.54, 1.807) is 7.11 Å². The van der Waals surface area contributed by atoms with Crippen molar-refractivity contribution in [1.82, 2.24) is 5.32 Å². The number of ether oxygens (including phenoxy) is 1. The molecule has 1 N–H and O–H groups in total. The van der Waals surface area contributed by atoms with E-state index in [1.165, 1.54) is 24.1 Å². The monoisotopic (exact) mass is 169 g/mol.